The van der Waals surface area contributed by atoms with Crippen LogP contribution >= 0.6 is 0 Å². The molecule has 0 atom stereocenters. The molecule has 0 amide bonds. The van der Waals surface area contributed by atoms with E-state index in [0.29, 0.717) is 0 Å². The third-order valence-corrected chi connectivity index (χ3v) is 1.89. The largest absolute Gasteiger partial charge is 0.378 e. The van der Waals surface area contributed by atoms with E-state index in [-0.39, 0.29) is 0 Å². The van der Waals surface area contributed by atoms with Crippen LogP contribution in [0.2, 0.25) is 0 Å². The van der Waals surface area contributed by atoms with E-state index >= 15 is 0 Å². The third kappa shape index (κ3) is 2.10. The lowest BCUT2D eigenvalue weighted by Gasteiger charge is -2.01. The maximum atomic E-state index is 4.12. The normalized spacial score (nSPS) is 10.1. The monoisotopic (exact) mass is 188 g/mol. The molecule has 0 radical (unpaired) electrons. The average molecular weight is 188 g/mol. The summed E-state index contributed by atoms with van der Waals surface area (Å²) in [6, 6.07) is 5.90. The molecule has 2 rings (SSSR count). The number of aryl methyl sites for hydroxylation is 1. The second kappa shape index (κ2) is 3.91. The second-order valence-corrected chi connectivity index (χ2v) is 3.14. The van der Waals surface area contributed by atoms with Crippen molar-refractivity contribution >= 4 is 5.69 Å². The topological polar surface area (TPSA) is 53.6 Å². The van der Waals surface area contributed by atoms with Crippen molar-refractivity contribution in [3.05, 3.63) is 42.0 Å². The Bertz CT molecular complexity index is 394. The molecule has 2 aromatic heterocycles. The number of hydrogen-bond donors (Lipinski definition) is 2. The van der Waals surface area contributed by atoms with E-state index < -0.39 is 0 Å². The molecule has 4 heteroatoms. The molecule has 2 heterocycles. The molecule has 0 saturated heterocycles. The summed E-state index contributed by atoms with van der Waals surface area (Å²) in [4.78, 5) is 4.01. The summed E-state index contributed by atoms with van der Waals surface area (Å²) in [7, 11) is 0. The van der Waals surface area contributed by atoms with E-state index in [2.05, 4.69) is 20.5 Å². The van der Waals surface area contributed by atoms with Crippen molar-refractivity contribution in [1.29, 1.82) is 0 Å². The molecule has 4 nitrogen and oxygen atoms in total. The van der Waals surface area contributed by atoms with E-state index in [1.54, 1.807) is 12.4 Å². The van der Waals surface area contributed by atoms with Crippen molar-refractivity contribution < 1.29 is 0 Å². The molecule has 72 valence electrons. The molecule has 0 fully saturated rings. The lowest BCUT2D eigenvalue weighted by Crippen LogP contribution is -1.99. The predicted molar refractivity (Wildman–Crippen MR) is 54.9 cm³/mol. The van der Waals surface area contributed by atoms with Gasteiger partial charge in [0, 0.05) is 18.1 Å². The Morgan fingerprint density at radius 1 is 1.50 bits per heavy atom. The van der Waals surface area contributed by atoms with Gasteiger partial charge in [0.05, 0.1) is 17.9 Å². The maximum Gasteiger partial charge on any atom is 0.0815 e. The zero-order chi connectivity index (χ0) is 9.80. The van der Waals surface area contributed by atoms with Gasteiger partial charge in [-0.1, -0.05) is 0 Å². The van der Waals surface area contributed by atoms with Crippen LogP contribution in [0.4, 0.5) is 5.69 Å². The van der Waals surface area contributed by atoms with Crippen LogP contribution in [0, 0.1) is 6.92 Å². The number of rotatable bonds is 3. The number of nitrogens with zero attached hydrogens (tertiary/aromatic N) is 2. The van der Waals surface area contributed by atoms with Crippen molar-refractivity contribution in [2.24, 2.45) is 0 Å². The fraction of sp³-hybridized carbons (Fsp3) is 0.200. The number of nitrogens with one attached hydrogen (secondary N) is 2. The second-order valence-electron chi connectivity index (χ2n) is 3.14. The van der Waals surface area contributed by atoms with Gasteiger partial charge in [-0.15, -0.1) is 0 Å². The summed E-state index contributed by atoms with van der Waals surface area (Å²) >= 11 is 0. The van der Waals surface area contributed by atoms with Gasteiger partial charge in [-0.05, 0) is 25.1 Å². The van der Waals surface area contributed by atoms with Crippen LogP contribution in [0.1, 0.15) is 11.4 Å². The van der Waals surface area contributed by atoms with E-state index in [4.69, 9.17) is 0 Å². The zero-order valence-corrected chi connectivity index (χ0v) is 7.99. The third-order valence-electron chi connectivity index (χ3n) is 1.89. The Labute approximate surface area is 82.4 Å². The first-order valence-electron chi connectivity index (χ1n) is 4.49. The smallest absolute Gasteiger partial charge is 0.0815 e. The fourth-order valence-electron chi connectivity index (χ4n) is 1.22. The molecule has 0 aliphatic heterocycles. The van der Waals surface area contributed by atoms with E-state index in [1.807, 2.05) is 25.1 Å². The number of pyridine rings is 1. The first-order valence-corrected chi connectivity index (χ1v) is 4.49. The van der Waals surface area contributed by atoms with E-state index in [9.17, 15) is 0 Å². The molecule has 0 unspecified atom stereocenters. The SMILES string of the molecule is Cc1cc(CNc2cccnc2)n[nH]1. The Balaban J connectivity index is 1.95. The highest BCUT2D eigenvalue weighted by Crippen LogP contribution is 2.05. The Morgan fingerprint density at radius 2 is 2.43 bits per heavy atom. The van der Waals surface area contributed by atoms with Crippen LogP contribution in [0.3, 0.4) is 0 Å². The van der Waals surface area contributed by atoms with Gasteiger partial charge in [-0.3, -0.25) is 10.1 Å². The van der Waals surface area contributed by atoms with Crippen LogP contribution in [0.15, 0.2) is 30.6 Å². The molecular formula is C10H12N4. The van der Waals surface area contributed by atoms with Crippen molar-refractivity contribution in [3.63, 3.8) is 0 Å². The molecule has 0 saturated carbocycles. The van der Waals surface area contributed by atoms with Gasteiger partial charge in [-0.2, -0.15) is 5.10 Å². The molecule has 14 heavy (non-hydrogen) atoms. The van der Waals surface area contributed by atoms with E-state index in [1.165, 1.54) is 0 Å². The van der Waals surface area contributed by atoms with Crippen molar-refractivity contribution in [1.82, 2.24) is 15.2 Å². The minimum Gasteiger partial charge on any atom is -0.378 e. The molecule has 0 aliphatic rings. The minimum atomic E-state index is 0.718. The molecule has 0 spiro atoms. The summed E-state index contributed by atoms with van der Waals surface area (Å²) in [5, 5.41) is 10.3. The molecule has 0 aromatic carbocycles. The van der Waals surface area contributed by atoms with Crippen LogP contribution in [0.25, 0.3) is 0 Å². The summed E-state index contributed by atoms with van der Waals surface area (Å²) < 4.78 is 0. The van der Waals surface area contributed by atoms with Crippen LogP contribution in [-0.4, -0.2) is 15.2 Å². The number of aromatic amines is 1. The van der Waals surface area contributed by atoms with Crippen molar-refractivity contribution in [3.8, 4) is 0 Å². The Morgan fingerprint density at radius 3 is 3.07 bits per heavy atom. The van der Waals surface area contributed by atoms with Gasteiger partial charge in [0.1, 0.15) is 0 Å². The molecule has 2 aromatic rings. The highest BCUT2D eigenvalue weighted by atomic mass is 15.1. The van der Waals surface area contributed by atoms with Crippen molar-refractivity contribution in [2.75, 3.05) is 5.32 Å². The first-order chi connectivity index (χ1) is 6.84. The standard InChI is InChI=1S/C10H12N4/c1-8-5-10(14-13-8)7-12-9-3-2-4-11-6-9/h2-6,12H,7H2,1H3,(H,13,14). The zero-order valence-electron chi connectivity index (χ0n) is 7.99. The number of anilines is 1. The van der Waals surface area contributed by atoms with Gasteiger partial charge in [0.15, 0.2) is 0 Å². The van der Waals surface area contributed by atoms with Gasteiger partial charge in [0.25, 0.3) is 0 Å². The highest BCUT2D eigenvalue weighted by molar-refractivity contribution is 5.39. The van der Waals surface area contributed by atoms with E-state index in [0.717, 1.165) is 23.6 Å². The molecular weight excluding hydrogens is 176 g/mol. The average Bonchev–Trinajstić information content (AvgIpc) is 2.63. The summed E-state index contributed by atoms with van der Waals surface area (Å²) in [6.45, 7) is 2.70. The van der Waals surface area contributed by atoms with Gasteiger partial charge >= 0.3 is 0 Å². The Hall–Kier alpha value is -1.84. The first kappa shape index (κ1) is 8.74. The minimum absolute atomic E-state index is 0.718. The predicted octanol–water partition coefficient (Wildman–Crippen LogP) is 1.73. The highest BCUT2D eigenvalue weighted by Gasteiger charge is 1.96. The van der Waals surface area contributed by atoms with Gasteiger partial charge in [0.2, 0.25) is 0 Å². The number of H-pyrrole nitrogens is 1. The van der Waals surface area contributed by atoms with Crippen LogP contribution in [0.5, 0.6) is 0 Å². The van der Waals surface area contributed by atoms with Crippen LogP contribution in [-0.2, 0) is 6.54 Å². The maximum absolute atomic E-state index is 4.12. The molecule has 2 N–H and O–H groups in total. The molecule has 0 bridgehead atoms. The van der Waals surface area contributed by atoms with Gasteiger partial charge in [-0.25, -0.2) is 0 Å². The fourth-order valence-corrected chi connectivity index (χ4v) is 1.22. The lowest BCUT2D eigenvalue weighted by molar-refractivity contribution is 0.967. The quantitative estimate of drug-likeness (QED) is 0.771. The summed E-state index contributed by atoms with van der Waals surface area (Å²) in [6.07, 6.45) is 3.55. The number of aromatic nitrogens is 3. The number of hydrogen-bond acceptors (Lipinski definition) is 3. The van der Waals surface area contributed by atoms with Crippen LogP contribution < -0.4 is 5.32 Å². The lowest BCUT2D eigenvalue weighted by atomic mass is 10.3. The summed E-state index contributed by atoms with van der Waals surface area (Å²) in [5.41, 5.74) is 3.09. The van der Waals surface area contributed by atoms with Gasteiger partial charge < -0.3 is 5.32 Å². The Kier molecular flexibility index (Phi) is 2.44. The van der Waals surface area contributed by atoms with Crippen molar-refractivity contribution in [2.45, 2.75) is 13.5 Å². The molecule has 0 aliphatic carbocycles. The summed E-state index contributed by atoms with van der Waals surface area (Å²) in [5.74, 6) is 0.